The highest BCUT2D eigenvalue weighted by molar-refractivity contribution is 5.85. The van der Waals surface area contributed by atoms with Crippen LogP contribution in [0.15, 0.2) is 86.0 Å². The summed E-state index contributed by atoms with van der Waals surface area (Å²) >= 11 is 0. The first-order chi connectivity index (χ1) is 14.3. The molecule has 4 N–H and O–H groups in total. The number of carbonyl (C=O) groups is 2. The zero-order valence-corrected chi connectivity index (χ0v) is 18.6. The minimum Gasteiger partial charge on any atom is -0.508 e. The fourth-order valence-corrected chi connectivity index (χ4v) is 1.92. The molecule has 0 aliphatic carbocycles. The fraction of sp³-hybridized carbons (Fsp3) is 0.200. The van der Waals surface area contributed by atoms with Crippen molar-refractivity contribution in [1.82, 2.24) is 0 Å². The van der Waals surface area contributed by atoms with Crippen LogP contribution in [-0.2, 0) is 15.0 Å². The number of carboxylic acids is 2. The van der Waals surface area contributed by atoms with Gasteiger partial charge in [0, 0.05) is 16.6 Å². The Morgan fingerprint density at radius 2 is 0.871 bits per heavy atom. The molecule has 168 valence electrons. The highest BCUT2D eigenvalue weighted by Gasteiger charge is 2.22. The van der Waals surface area contributed by atoms with Crippen molar-refractivity contribution < 1.29 is 30.0 Å². The van der Waals surface area contributed by atoms with Gasteiger partial charge in [-0.05, 0) is 49.2 Å². The summed E-state index contributed by atoms with van der Waals surface area (Å²) in [4.78, 5) is 19.2. The Labute approximate surface area is 184 Å². The maximum absolute atomic E-state index is 9.60. The van der Waals surface area contributed by atoms with E-state index in [1.54, 1.807) is 24.3 Å². The van der Waals surface area contributed by atoms with Gasteiger partial charge in [0.05, 0.1) is 0 Å². The number of benzene rings is 2. The Morgan fingerprint density at radius 3 is 1.03 bits per heavy atom. The Hall–Kier alpha value is -3.80. The number of aliphatic carboxylic acids is 2. The van der Waals surface area contributed by atoms with Crippen molar-refractivity contribution in [3.8, 4) is 11.5 Å². The van der Waals surface area contributed by atoms with Gasteiger partial charge in [-0.15, -0.1) is 13.2 Å². The standard InChI is InChI=1S/C15H16O2.2C4H6O2.C2H4/c1-15(2,11-3-7-13(16)8-4-11)12-5-9-14(17)10-6-12;2*1-3(2)4(5)6;1-2/h3-10,16-17H,1-2H3;2*1H2,2H3,(H,5,6);1-2H2. The van der Waals surface area contributed by atoms with E-state index in [9.17, 15) is 19.8 Å². The zero-order valence-electron chi connectivity index (χ0n) is 18.6. The van der Waals surface area contributed by atoms with E-state index in [0.29, 0.717) is 0 Å². The minimum absolute atomic E-state index is 0.151. The third-order valence-electron chi connectivity index (χ3n) is 3.91. The molecule has 0 aliphatic heterocycles. The van der Waals surface area contributed by atoms with Gasteiger partial charge >= 0.3 is 11.9 Å². The van der Waals surface area contributed by atoms with E-state index in [2.05, 4.69) is 40.2 Å². The van der Waals surface area contributed by atoms with Crippen LogP contribution in [0.5, 0.6) is 11.5 Å². The molecule has 0 saturated heterocycles. The molecule has 0 fully saturated rings. The van der Waals surface area contributed by atoms with Crippen LogP contribution in [-0.4, -0.2) is 32.4 Å². The largest absolute Gasteiger partial charge is 0.508 e. The van der Waals surface area contributed by atoms with Gasteiger partial charge in [0.25, 0.3) is 0 Å². The Balaban J connectivity index is 0. The summed E-state index contributed by atoms with van der Waals surface area (Å²) in [7, 11) is 0. The van der Waals surface area contributed by atoms with Crippen molar-refractivity contribution >= 4 is 11.9 Å². The number of phenols is 2. The van der Waals surface area contributed by atoms with E-state index in [1.165, 1.54) is 13.8 Å². The van der Waals surface area contributed by atoms with Crippen LogP contribution in [0, 0.1) is 0 Å². The molecule has 0 radical (unpaired) electrons. The van der Waals surface area contributed by atoms with E-state index >= 15 is 0 Å². The average molecular weight is 429 g/mol. The van der Waals surface area contributed by atoms with Crippen LogP contribution in [0.3, 0.4) is 0 Å². The van der Waals surface area contributed by atoms with Crippen molar-refractivity contribution in [3.05, 3.63) is 97.1 Å². The van der Waals surface area contributed by atoms with Crippen LogP contribution >= 0.6 is 0 Å². The second-order valence-corrected chi connectivity index (χ2v) is 6.89. The third-order valence-corrected chi connectivity index (χ3v) is 3.91. The van der Waals surface area contributed by atoms with Gasteiger partial charge in [-0.25, -0.2) is 9.59 Å². The number of phenolic OH excluding ortho intramolecular Hbond substituents is 2. The molecular weight excluding hydrogens is 396 g/mol. The van der Waals surface area contributed by atoms with Gasteiger partial charge in [0.15, 0.2) is 0 Å². The molecule has 6 heteroatoms. The van der Waals surface area contributed by atoms with E-state index in [4.69, 9.17) is 10.2 Å². The SMILES string of the molecule is C=C.C=C(C)C(=O)O.C=C(C)C(=O)O.CC(C)(c1ccc(O)cc1)c1ccc(O)cc1. The first-order valence-electron chi connectivity index (χ1n) is 9.15. The van der Waals surface area contributed by atoms with Crippen LogP contribution < -0.4 is 0 Å². The quantitative estimate of drug-likeness (QED) is 0.376. The van der Waals surface area contributed by atoms with Crippen molar-refractivity contribution in [2.45, 2.75) is 33.1 Å². The summed E-state index contributed by atoms with van der Waals surface area (Å²) in [6.45, 7) is 19.4. The van der Waals surface area contributed by atoms with Gasteiger partial charge in [-0.3, -0.25) is 0 Å². The lowest BCUT2D eigenvalue weighted by Crippen LogP contribution is -2.18. The Kier molecular flexibility index (Phi) is 13.5. The van der Waals surface area contributed by atoms with Crippen LogP contribution in [0.1, 0.15) is 38.8 Å². The Morgan fingerprint density at radius 1 is 0.677 bits per heavy atom. The second kappa shape index (κ2) is 14.2. The Bertz CT molecular complexity index is 766. The summed E-state index contributed by atoms with van der Waals surface area (Å²) in [5.41, 5.74) is 2.45. The van der Waals surface area contributed by atoms with E-state index in [1.807, 2.05) is 24.3 Å². The number of carboxylic acid groups (broad SMARTS) is 2. The molecule has 0 aromatic heterocycles. The van der Waals surface area contributed by atoms with Crippen molar-refractivity contribution in [1.29, 1.82) is 0 Å². The molecular formula is C25H32O6. The molecule has 2 aromatic rings. The smallest absolute Gasteiger partial charge is 0.330 e. The zero-order chi connectivity index (χ0) is 24.8. The van der Waals surface area contributed by atoms with Gasteiger partial charge in [0.2, 0.25) is 0 Å². The van der Waals surface area contributed by atoms with Crippen LogP contribution in [0.4, 0.5) is 0 Å². The van der Waals surface area contributed by atoms with E-state index in [0.717, 1.165) is 11.1 Å². The molecule has 0 spiro atoms. The number of hydrogen-bond acceptors (Lipinski definition) is 4. The lowest BCUT2D eigenvalue weighted by Gasteiger charge is -2.26. The molecule has 6 nitrogen and oxygen atoms in total. The second-order valence-electron chi connectivity index (χ2n) is 6.89. The highest BCUT2D eigenvalue weighted by Crippen LogP contribution is 2.32. The predicted molar refractivity (Wildman–Crippen MR) is 124 cm³/mol. The van der Waals surface area contributed by atoms with Gasteiger partial charge in [-0.1, -0.05) is 51.3 Å². The van der Waals surface area contributed by atoms with Gasteiger partial charge in [0.1, 0.15) is 11.5 Å². The van der Waals surface area contributed by atoms with Crippen molar-refractivity contribution in [2.24, 2.45) is 0 Å². The molecule has 0 amide bonds. The number of hydrogen-bond donors (Lipinski definition) is 4. The molecule has 0 heterocycles. The van der Waals surface area contributed by atoms with Crippen molar-refractivity contribution in [2.75, 3.05) is 0 Å². The highest BCUT2D eigenvalue weighted by atomic mass is 16.4. The monoisotopic (exact) mass is 428 g/mol. The summed E-state index contributed by atoms with van der Waals surface area (Å²) in [6, 6.07) is 14.4. The first-order valence-corrected chi connectivity index (χ1v) is 9.15. The molecule has 31 heavy (non-hydrogen) atoms. The third kappa shape index (κ3) is 11.7. The predicted octanol–water partition coefficient (Wildman–Crippen LogP) is 5.52. The molecule has 0 bridgehead atoms. The van der Waals surface area contributed by atoms with Crippen molar-refractivity contribution in [3.63, 3.8) is 0 Å². The number of rotatable bonds is 4. The average Bonchev–Trinajstić information content (AvgIpc) is 2.71. The molecule has 0 atom stereocenters. The van der Waals surface area contributed by atoms with Crippen LogP contribution in [0.2, 0.25) is 0 Å². The lowest BCUT2D eigenvalue weighted by atomic mass is 9.78. The normalized spacial score (nSPS) is 9.29. The summed E-state index contributed by atoms with van der Waals surface area (Å²) in [6.07, 6.45) is 0. The lowest BCUT2D eigenvalue weighted by molar-refractivity contribution is -0.133. The summed E-state index contributed by atoms with van der Waals surface area (Å²) < 4.78 is 0. The maximum Gasteiger partial charge on any atom is 0.330 e. The number of aromatic hydroxyl groups is 2. The first kappa shape index (κ1) is 29.4. The topological polar surface area (TPSA) is 115 Å². The fourth-order valence-electron chi connectivity index (χ4n) is 1.92. The summed E-state index contributed by atoms with van der Waals surface area (Å²) in [5.74, 6) is -1.32. The van der Waals surface area contributed by atoms with E-state index < -0.39 is 11.9 Å². The molecule has 0 aliphatic rings. The van der Waals surface area contributed by atoms with Gasteiger partial charge < -0.3 is 20.4 Å². The minimum atomic E-state index is -0.935. The summed E-state index contributed by atoms with van der Waals surface area (Å²) in [5, 5.41) is 34.4. The van der Waals surface area contributed by atoms with E-state index in [-0.39, 0.29) is 28.1 Å². The molecule has 2 rings (SSSR count). The van der Waals surface area contributed by atoms with Gasteiger partial charge in [-0.2, -0.15) is 0 Å². The van der Waals surface area contributed by atoms with Crippen LogP contribution in [0.25, 0.3) is 0 Å². The molecule has 2 aromatic carbocycles. The molecule has 0 unspecified atom stereocenters. The maximum atomic E-state index is 9.60. The molecule has 0 saturated carbocycles.